The van der Waals surface area contributed by atoms with Gasteiger partial charge in [0.15, 0.2) is 0 Å². The maximum absolute atomic E-state index is 11.8. The molecule has 2 atom stereocenters. The van der Waals surface area contributed by atoms with Crippen LogP contribution in [0.25, 0.3) is 0 Å². The van der Waals surface area contributed by atoms with Gasteiger partial charge in [-0.2, -0.15) is 0 Å². The lowest BCUT2D eigenvalue weighted by molar-refractivity contribution is -0.129. The van der Waals surface area contributed by atoms with E-state index in [0.29, 0.717) is 19.6 Å². The van der Waals surface area contributed by atoms with Crippen molar-refractivity contribution in [1.29, 1.82) is 0 Å². The fourth-order valence-corrected chi connectivity index (χ4v) is 2.51. The molecule has 0 aliphatic carbocycles. The van der Waals surface area contributed by atoms with E-state index in [1.807, 2.05) is 43.9 Å². The summed E-state index contributed by atoms with van der Waals surface area (Å²) in [4.78, 5) is 13.6. The molecule has 4 heteroatoms. The van der Waals surface area contributed by atoms with Gasteiger partial charge in [0.05, 0.1) is 6.04 Å². The average molecular weight is 262 g/mol. The molecule has 4 nitrogen and oxygen atoms in total. The minimum Gasteiger partial charge on any atom is -0.491 e. The summed E-state index contributed by atoms with van der Waals surface area (Å²) in [5, 5.41) is 0. The second kappa shape index (κ2) is 5.61. The fourth-order valence-electron chi connectivity index (χ4n) is 2.51. The summed E-state index contributed by atoms with van der Waals surface area (Å²) < 4.78 is 5.89. The number of benzene rings is 1. The number of hydrogen-bond donors (Lipinski definition) is 1. The summed E-state index contributed by atoms with van der Waals surface area (Å²) in [7, 11) is 0. The first-order chi connectivity index (χ1) is 8.99. The number of carbonyl (C=O) groups excluding carboxylic acids is 1. The predicted octanol–water partition coefficient (Wildman–Crippen LogP) is 1.63. The molecule has 0 radical (unpaired) electrons. The van der Waals surface area contributed by atoms with Gasteiger partial charge < -0.3 is 15.4 Å². The molecule has 1 aliphatic heterocycles. The smallest absolute Gasteiger partial charge is 0.224 e. The monoisotopic (exact) mass is 262 g/mol. The van der Waals surface area contributed by atoms with Gasteiger partial charge in [-0.1, -0.05) is 18.2 Å². The van der Waals surface area contributed by atoms with Crippen LogP contribution >= 0.6 is 0 Å². The Kier molecular flexibility index (Phi) is 4.10. The molecule has 1 heterocycles. The minimum absolute atomic E-state index is 0.0323. The summed E-state index contributed by atoms with van der Waals surface area (Å²) in [5.41, 5.74) is 8.05. The number of hydrogen-bond acceptors (Lipinski definition) is 3. The normalized spacial score (nSPS) is 20.7. The Hall–Kier alpha value is -1.55. The lowest BCUT2D eigenvalue weighted by atomic mass is 10.1. The van der Waals surface area contributed by atoms with E-state index >= 15 is 0 Å². The Morgan fingerprint density at radius 1 is 1.42 bits per heavy atom. The highest BCUT2D eigenvalue weighted by Gasteiger charge is 2.30. The highest BCUT2D eigenvalue weighted by molar-refractivity contribution is 5.79. The second-order valence-corrected chi connectivity index (χ2v) is 5.39. The largest absolute Gasteiger partial charge is 0.491 e. The summed E-state index contributed by atoms with van der Waals surface area (Å²) in [6.07, 6.45) is 0.452. The van der Waals surface area contributed by atoms with Crippen LogP contribution in [-0.2, 0) is 4.79 Å². The molecule has 1 aromatic rings. The van der Waals surface area contributed by atoms with Crippen molar-refractivity contribution in [3.05, 3.63) is 29.3 Å². The first kappa shape index (κ1) is 13.9. The minimum atomic E-state index is -0.0323. The van der Waals surface area contributed by atoms with Crippen LogP contribution in [0.5, 0.6) is 5.75 Å². The molecule has 19 heavy (non-hydrogen) atoms. The van der Waals surface area contributed by atoms with Crippen molar-refractivity contribution in [2.24, 2.45) is 5.73 Å². The van der Waals surface area contributed by atoms with Gasteiger partial charge in [-0.15, -0.1) is 0 Å². The van der Waals surface area contributed by atoms with Crippen LogP contribution in [0.2, 0.25) is 0 Å². The van der Waals surface area contributed by atoms with E-state index in [-0.39, 0.29) is 18.0 Å². The molecule has 1 amide bonds. The Labute approximate surface area is 114 Å². The first-order valence-corrected chi connectivity index (χ1v) is 6.73. The van der Waals surface area contributed by atoms with Crippen molar-refractivity contribution in [3.8, 4) is 5.75 Å². The molecule has 1 fully saturated rings. The van der Waals surface area contributed by atoms with E-state index in [2.05, 4.69) is 0 Å². The van der Waals surface area contributed by atoms with Gasteiger partial charge in [0.25, 0.3) is 0 Å². The van der Waals surface area contributed by atoms with Crippen LogP contribution in [0, 0.1) is 13.8 Å². The second-order valence-electron chi connectivity index (χ2n) is 5.39. The molecular formula is C15H22N2O2. The number of aryl methyl sites for hydroxylation is 2. The van der Waals surface area contributed by atoms with Crippen LogP contribution in [-0.4, -0.2) is 36.0 Å². The van der Waals surface area contributed by atoms with Gasteiger partial charge in [0.2, 0.25) is 5.91 Å². The maximum Gasteiger partial charge on any atom is 0.224 e. The van der Waals surface area contributed by atoms with Crippen LogP contribution in [0.15, 0.2) is 18.2 Å². The number of likely N-dealkylation sites (tertiary alicyclic amines) is 1. The third-order valence-electron chi connectivity index (χ3n) is 3.60. The van der Waals surface area contributed by atoms with E-state index in [4.69, 9.17) is 10.5 Å². The topological polar surface area (TPSA) is 55.6 Å². The van der Waals surface area contributed by atoms with Gasteiger partial charge in [-0.3, -0.25) is 4.79 Å². The number of nitrogens with zero attached hydrogens (tertiary/aromatic N) is 1. The third kappa shape index (κ3) is 3.07. The van der Waals surface area contributed by atoms with Crippen LogP contribution < -0.4 is 10.5 Å². The van der Waals surface area contributed by atoms with Gasteiger partial charge in [-0.05, 0) is 31.9 Å². The molecule has 2 unspecified atom stereocenters. The van der Waals surface area contributed by atoms with Gasteiger partial charge in [-0.25, -0.2) is 0 Å². The average Bonchev–Trinajstić information content (AvgIpc) is 2.67. The van der Waals surface area contributed by atoms with Gasteiger partial charge in [0, 0.05) is 19.0 Å². The molecule has 1 saturated heterocycles. The van der Waals surface area contributed by atoms with Gasteiger partial charge >= 0.3 is 0 Å². The molecule has 104 valence electrons. The fraction of sp³-hybridized carbons (Fsp3) is 0.533. The predicted molar refractivity (Wildman–Crippen MR) is 75.2 cm³/mol. The van der Waals surface area contributed by atoms with E-state index in [0.717, 1.165) is 16.9 Å². The summed E-state index contributed by atoms with van der Waals surface area (Å²) >= 11 is 0. The molecule has 1 aromatic carbocycles. The summed E-state index contributed by atoms with van der Waals surface area (Å²) in [6, 6.07) is 6.10. The lowest BCUT2D eigenvalue weighted by Gasteiger charge is -2.25. The van der Waals surface area contributed by atoms with Crippen molar-refractivity contribution >= 4 is 5.91 Å². The number of nitrogens with two attached hydrogens (primary N) is 1. The molecule has 0 saturated carbocycles. The molecule has 0 aromatic heterocycles. The van der Waals surface area contributed by atoms with Crippen molar-refractivity contribution in [2.45, 2.75) is 39.3 Å². The molecular weight excluding hydrogens is 240 g/mol. The molecule has 1 aliphatic rings. The number of amides is 1. The number of carbonyl (C=O) groups is 1. The molecule has 0 bridgehead atoms. The van der Waals surface area contributed by atoms with Crippen molar-refractivity contribution in [3.63, 3.8) is 0 Å². The highest BCUT2D eigenvalue weighted by atomic mass is 16.5. The van der Waals surface area contributed by atoms with Crippen LogP contribution in [0.1, 0.15) is 24.5 Å². The molecule has 0 spiro atoms. The van der Waals surface area contributed by atoms with Crippen molar-refractivity contribution < 1.29 is 9.53 Å². The van der Waals surface area contributed by atoms with E-state index in [1.54, 1.807) is 0 Å². The van der Waals surface area contributed by atoms with E-state index in [1.165, 1.54) is 0 Å². The van der Waals surface area contributed by atoms with Crippen LogP contribution in [0.3, 0.4) is 0 Å². The van der Waals surface area contributed by atoms with Gasteiger partial charge in [0.1, 0.15) is 12.4 Å². The maximum atomic E-state index is 11.8. The zero-order valence-corrected chi connectivity index (χ0v) is 11.8. The first-order valence-electron chi connectivity index (χ1n) is 6.73. The Morgan fingerprint density at radius 3 is 2.58 bits per heavy atom. The summed E-state index contributed by atoms with van der Waals surface area (Å²) in [6.45, 7) is 7.21. The highest BCUT2D eigenvalue weighted by Crippen LogP contribution is 2.23. The third-order valence-corrected chi connectivity index (χ3v) is 3.60. The van der Waals surface area contributed by atoms with Crippen molar-refractivity contribution in [1.82, 2.24) is 4.90 Å². The molecule has 2 rings (SSSR count). The number of para-hydroxylation sites is 1. The zero-order valence-electron chi connectivity index (χ0n) is 11.8. The van der Waals surface area contributed by atoms with E-state index < -0.39 is 0 Å². The quantitative estimate of drug-likeness (QED) is 0.897. The Bertz CT molecular complexity index is 453. The Balaban J connectivity index is 1.97. The van der Waals surface area contributed by atoms with Crippen LogP contribution in [0.4, 0.5) is 0 Å². The lowest BCUT2D eigenvalue weighted by Crippen LogP contribution is -2.39. The zero-order chi connectivity index (χ0) is 14.0. The number of rotatable bonds is 4. The van der Waals surface area contributed by atoms with E-state index in [9.17, 15) is 4.79 Å². The number of ether oxygens (including phenoxy) is 1. The van der Waals surface area contributed by atoms with Crippen molar-refractivity contribution in [2.75, 3.05) is 13.2 Å². The summed E-state index contributed by atoms with van der Waals surface area (Å²) in [5.74, 6) is 1.05. The SMILES string of the molecule is Cc1cccc(C)c1OCC(C)N1CC(N)CC1=O. The molecule has 2 N–H and O–H groups in total. The standard InChI is InChI=1S/C15H22N2O2/c1-10-5-4-6-11(2)15(10)19-9-12(3)17-8-13(16)7-14(17)18/h4-6,12-13H,7-9,16H2,1-3H3. The Morgan fingerprint density at radius 2 is 2.05 bits per heavy atom.